The van der Waals surface area contributed by atoms with Gasteiger partial charge in [0.05, 0.1) is 21.5 Å². The van der Waals surface area contributed by atoms with Crippen molar-refractivity contribution in [2.24, 2.45) is 23.7 Å². The molecule has 4 heterocycles. The summed E-state index contributed by atoms with van der Waals surface area (Å²) in [6.45, 7) is 0. The molecule has 0 spiro atoms. The van der Waals surface area contributed by atoms with Crippen molar-refractivity contribution < 1.29 is 4.74 Å². The largest absolute Gasteiger partial charge is 0.487 e. The van der Waals surface area contributed by atoms with E-state index in [0.717, 1.165) is 50.2 Å². The van der Waals surface area contributed by atoms with Gasteiger partial charge in [0.25, 0.3) is 0 Å². The van der Waals surface area contributed by atoms with E-state index in [0.29, 0.717) is 17.7 Å². The summed E-state index contributed by atoms with van der Waals surface area (Å²) in [6, 6.07) is 12.1. The Bertz CT molecular complexity index is 1420. The van der Waals surface area contributed by atoms with Crippen LogP contribution in [0.15, 0.2) is 36.4 Å². The van der Waals surface area contributed by atoms with E-state index >= 15 is 0 Å². The van der Waals surface area contributed by atoms with Crippen LogP contribution in [0, 0.1) is 23.7 Å². The van der Waals surface area contributed by atoms with E-state index < -0.39 is 0 Å². The quantitative estimate of drug-likeness (QED) is 0.192. The summed E-state index contributed by atoms with van der Waals surface area (Å²) in [7, 11) is 1.63. The summed E-state index contributed by atoms with van der Waals surface area (Å²) < 4.78 is 6.52. The average Bonchev–Trinajstić information content (AvgIpc) is 3.86. The van der Waals surface area contributed by atoms with Crippen LogP contribution in [0.2, 0.25) is 8.67 Å². The monoisotopic (exact) mass is 659 g/mol. The average molecular weight is 661 g/mol. The summed E-state index contributed by atoms with van der Waals surface area (Å²) >= 11 is 14.7. The number of anilines is 1. The number of rotatable bonds is 6. The smallest absolute Gasteiger partial charge is 0.174 e. The molecule has 6 nitrogen and oxygen atoms in total. The first-order valence-corrected chi connectivity index (χ1v) is 18.2. The topological polar surface area (TPSA) is 92.6 Å². The Kier molecular flexibility index (Phi) is 10.4. The summed E-state index contributed by atoms with van der Waals surface area (Å²) in [5, 5.41) is 15.8. The Morgan fingerprint density at radius 1 is 0.767 bits per heavy atom. The van der Waals surface area contributed by atoms with Crippen LogP contribution in [0.4, 0.5) is 5.82 Å². The first-order valence-electron chi connectivity index (χ1n) is 15.8. The fraction of sp³-hybridized carbons (Fsp3) is 0.576. The highest BCUT2D eigenvalue weighted by Gasteiger charge is 2.36. The Morgan fingerprint density at radius 3 is 1.91 bits per heavy atom. The molecule has 4 aromatic rings. The molecule has 0 radical (unpaired) electrons. The molecule has 4 aliphatic carbocycles. The molecule has 0 amide bonds. The molecule has 4 aromatic heterocycles. The number of hydrogen-bond acceptors (Lipinski definition) is 6. The molecule has 4 N–H and O–H groups in total. The van der Waals surface area contributed by atoms with Crippen LogP contribution in [-0.2, 0) is 12.8 Å². The Morgan fingerprint density at radius 2 is 1.40 bits per heavy atom. The second kappa shape index (κ2) is 14.4. The number of nitrogens with one attached hydrogen (secondary N) is 2. The van der Waals surface area contributed by atoms with E-state index in [9.17, 15) is 0 Å². The molecule has 4 saturated carbocycles. The predicted molar refractivity (Wildman–Crippen MR) is 180 cm³/mol. The fourth-order valence-electron chi connectivity index (χ4n) is 7.94. The number of methoxy groups -OCH3 is 1. The lowest BCUT2D eigenvalue weighted by atomic mass is 9.79. The first-order chi connectivity index (χ1) is 20.9. The lowest BCUT2D eigenvalue weighted by Crippen LogP contribution is -2.14. The third-order valence-corrected chi connectivity index (χ3v) is 12.4. The standard InChI is InChI=1S/C17H21ClN2S.C11H17N3.C5H5ClOS/c18-17-6-5-15(21-17)4-3-14-10-16(20-19-14)13-8-11-1-2-12(7-11)9-13;12-11-6-10(13-14-11)9-4-7-1-2-8(3-7)5-9;1-7-5-3-2-4(6)8-5/h5-6,10-13H,1-4,7-9H2,(H,19,20);6-9H,1-5H2,(H3,12,13,14);2-3H,1H3. The van der Waals surface area contributed by atoms with Crippen molar-refractivity contribution in [2.75, 3.05) is 12.8 Å². The van der Waals surface area contributed by atoms with Gasteiger partial charge in [0.1, 0.15) is 5.82 Å². The minimum Gasteiger partial charge on any atom is -0.487 e. The van der Waals surface area contributed by atoms with Gasteiger partial charge in [-0.25, -0.2) is 0 Å². The van der Waals surface area contributed by atoms with Gasteiger partial charge in [0.2, 0.25) is 0 Å². The van der Waals surface area contributed by atoms with E-state index in [-0.39, 0.29) is 0 Å². The highest BCUT2D eigenvalue weighted by atomic mass is 35.5. The van der Waals surface area contributed by atoms with E-state index in [1.165, 1.54) is 97.5 Å². The number of nitrogens with zero attached hydrogens (tertiary/aromatic N) is 2. The van der Waals surface area contributed by atoms with Crippen LogP contribution in [0.25, 0.3) is 0 Å². The molecule has 0 aromatic carbocycles. The molecule has 4 bridgehead atoms. The van der Waals surface area contributed by atoms with Gasteiger partial charge in [-0.05, 0) is 105 Å². The highest BCUT2D eigenvalue weighted by Crippen LogP contribution is 2.49. The van der Waals surface area contributed by atoms with Gasteiger partial charge < -0.3 is 10.5 Å². The van der Waals surface area contributed by atoms with Crippen LogP contribution in [0.5, 0.6) is 5.06 Å². The predicted octanol–water partition coefficient (Wildman–Crippen LogP) is 9.90. The zero-order chi connectivity index (χ0) is 29.8. The number of H-pyrrole nitrogens is 2. The number of hydrogen-bond donors (Lipinski definition) is 3. The summed E-state index contributed by atoms with van der Waals surface area (Å²) in [6.07, 6.45) is 16.3. The van der Waals surface area contributed by atoms with Crippen molar-refractivity contribution in [1.82, 2.24) is 20.4 Å². The number of ether oxygens (including phenoxy) is 1. The Hall–Kier alpha value is -2.00. The van der Waals surface area contributed by atoms with Crippen LogP contribution in [0.3, 0.4) is 0 Å². The van der Waals surface area contributed by atoms with Crippen LogP contribution < -0.4 is 10.5 Å². The zero-order valence-electron chi connectivity index (χ0n) is 24.9. The lowest BCUT2D eigenvalue weighted by Gasteiger charge is -2.26. The molecule has 0 aliphatic heterocycles. The highest BCUT2D eigenvalue weighted by molar-refractivity contribution is 7.17. The minimum absolute atomic E-state index is 0.637. The molecule has 0 saturated heterocycles. The van der Waals surface area contributed by atoms with Crippen molar-refractivity contribution >= 4 is 51.7 Å². The third kappa shape index (κ3) is 8.38. The molecule has 10 heteroatoms. The molecule has 4 atom stereocenters. The normalized spacial score (nSPS) is 27.2. The van der Waals surface area contributed by atoms with Crippen molar-refractivity contribution in [1.29, 1.82) is 0 Å². The maximum absolute atomic E-state index is 5.98. The van der Waals surface area contributed by atoms with Gasteiger partial charge in [-0.15, -0.1) is 11.3 Å². The second-order valence-electron chi connectivity index (χ2n) is 13.0. The lowest BCUT2D eigenvalue weighted by molar-refractivity contribution is 0.315. The summed E-state index contributed by atoms with van der Waals surface area (Å²) in [4.78, 5) is 1.35. The SMILES string of the molecule is COc1ccc(Cl)s1.Clc1ccc(CCc2cc(C3CC4CCC(C4)C3)n[nH]2)s1.Nc1cc(C2CC3CCC(C3)C2)[nH]n1. The molecule has 4 aliphatic rings. The molecule has 4 fully saturated rings. The van der Waals surface area contributed by atoms with Gasteiger partial charge in [0.15, 0.2) is 5.06 Å². The minimum atomic E-state index is 0.637. The number of halogens is 2. The van der Waals surface area contributed by atoms with Gasteiger partial charge >= 0.3 is 0 Å². The summed E-state index contributed by atoms with van der Waals surface area (Å²) in [5.74, 6) is 5.94. The van der Waals surface area contributed by atoms with Crippen molar-refractivity contribution in [3.8, 4) is 5.06 Å². The maximum Gasteiger partial charge on any atom is 0.174 e. The molecule has 8 rings (SSSR count). The van der Waals surface area contributed by atoms with E-state index in [1.54, 1.807) is 18.4 Å². The van der Waals surface area contributed by atoms with Crippen molar-refractivity contribution in [3.05, 3.63) is 67.0 Å². The number of nitrogens with two attached hydrogens (primary N) is 1. The maximum atomic E-state index is 5.98. The number of fused-ring (bicyclic) bond motifs is 4. The number of thiophene rings is 2. The van der Waals surface area contributed by atoms with Crippen LogP contribution in [-0.4, -0.2) is 27.5 Å². The zero-order valence-corrected chi connectivity index (χ0v) is 28.0. The fourth-order valence-corrected chi connectivity index (χ4v) is 9.87. The molecular formula is C33H43Cl2N5OS2. The number of aryl methyl sites for hydroxylation is 2. The first kappa shape index (κ1) is 31.0. The Labute approximate surface area is 273 Å². The van der Waals surface area contributed by atoms with Gasteiger partial charge in [0, 0.05) is 34.2 Å². The van der Waals surface area contributed by atoms with Crippen LogP contribution >= 0.6 is 45.9 Å². The summed E-state index contributed by atoms with van der Waals surface area (Å²) in [5.41, 5.74) is 9.47. The Balaban J connectivity index is 0.000000128. The number of nitrogen functional groups attached to an aromatic ring is 1. The van der Waals surface area contributed by atoms with Crippen molar-refractivity contribution in [2.45, 2.75) is 88.9 Å². The van der Waals surface area contributed by atoms with Gasteiger partial charge in [-0.3, -0.25) is 10.2 Å². The molecule has 232 valence electrons. The van der Waals surface area contributed by atoms with Crippen LogP contribution in [0.1, 0.15) is 98.0 Å². The second-order valence-corrected chi connectivity index (χ2v) is 16.4. The van der Waals surface area contributed by atoms with Crippen molar-refractivity contribution in [3.63, 3.8) is 0 Å². The molecule has 4 unspecified atom stereocenters. The number of aromatic amines is 2. The number of aromatic nitrogens is 4. The van der Waals surface area contributed by atoms with Gasteiger partial charge in [-0.2, -0.15) is 10.2 Å². The van der Waals surface area contributed by atoms with Gasteiger partial charge in [-0.1, -0.05) is 60.2 Å². The van der Waals surface area contributed by atoms with E-state index in [1.807, 2.05) is 24.3 Å². The third-order valence-electron chi connectivity index (χ3n) is 9.92. The van der Waals surface area contributed by atoms with E-state index in [4.69, 9.17) is 33.7 Å². The van der Waals surface area contributed by atoms with E-state index in [2.05, 4.69) is 32.5 Å². The molecule has 43 heavy (non-hydrogen) atoms. The molecular weight excluding hydrogens is 617 g/mol.